The number of hydrogen-bond acceptors (Lipinski definition) is 5. The molecule has 1 aliphatic heterocycles. The number of amides is 1. The van der Waals surface area contributed by atoms with Gasteiger partial charge in [0, 0.05) is 23.3 Å². The van der Waals surface area contributed by atoms with Crippen molar-refractivity contribution in [2.75, 3.05) is 27.2 Å². The second kappa shape index (κ2) is 8.54. The van der Waals surface area contributed by atoms with E-state index in [1.165, 1.54) is 4.90 Å². The third-order valence-electron chi connectivity index (χ3n) is 4.63. The molecule has 1 amide bonds. The van der Waals surface area contributed by atoms with Crippen molar-refractivity contribution in [1.29, 1.82) is 0 Å². The zero-order chi connectivity index (χ0) is 20.3. The number of aliphatic hydroxyl groups excluding tert-OH is 1. The molecule has 1 aromatic heterocycles. The van der Waals surface area contributed by atoms with Gasteiger partial charge in [0.2, 0.25) is 0 Å². The Bertz CT molecular complexity index is 895. The maximum Gasteiger partial charge on any atom is 0.295 e. The van der Waals surface area contributed by atoms with Gasteiger partial charge in [-0.1, -0.05) is 17.7 Å². The number of ketones is 1. The van der Waals surface area contributed by atoms with Gasteiger partial charge in [0.15, 0.2) is 0 Å². The summed E-state index contributed by atoms with van der Waals surface area (Å²) in [6, 6.07) is 11.1. The van der Waals surface area contributed by atoms with Crippen molar-refractivity contribution < 1.29 is 14.7 Å². The number of carbonyl (C=O) groups is 2. The lowest BCUT2D eigenvalue weighted by atomic mass is 9.98. The summed E-state index contributed by atoms with van der Waals surface area (Å²) in [6.07, 6.45) is 2.31. The maximum absolute atomic E-state index is 12.8. The van der Waals surface area contributed by atoms with Crippen molar-refractivity contribution in [2.45, 2.75) is 12.5 Å². The average molecular weight is 400 g/mol. The van der Waals surface area contributed by atoms with Gasteiger partial charge in [0.1, 0.15) is 11.8 Å². The largest absolute Gasteiger partial charge is 0.507 e. The van der Waals surface area contributed by atoms with E-state index in [0.717, 1.165) is 6.54 Å². The highest BCUT2D eigenvalue weighted by molar-refractivity contribution is 6.46. The van der Waals surface area contributed by atoms with Crippen LogP contribution in [0, 0.1) is 0 Å². The number of hydrogen-bond donors (Lipinski definition) is 1. The SMILES string of the molecule is CN(C)CCCN1C(=O)C(=O)/C(=C(/O)c2ccc(Cl)cc2)C1c1ccccn1. The molecule has 1 atom stereocenters. The second-order valence-electron chi connectivity index (χ2n) is 6.91. The van der Waals surface area contributed by atoms with Crippen molar-refractivity contribution >= 4 is 29.1 Å². The molecule has 0 saturated carbocycles. The number of aliphatic hydroxyl groups is 1. The highest BCUT2D eigenvalue weighted by Gasteiger charge is 2.46. The maximum atomic E-state index is 12.8. The first-order valence-corrected chi connectivity index (χ1v) is 9.38. The van der Waals surface area contributed by atoms with Crippen molar-refractivity contribution in [3.05, 3.63) is 70.5 Å². The number of halogens is 1. The Morgan fingerprint density at radius 1 is 1.18 bits per heavy atom. The Morgan fingerprint density at radius 3 is 2.50 bits per heavy atom. The topological polar surface area (TPSA) is 73.7 Å². The summed E-state index contributed by atoms with van der Waals surface area (Å²) in [6.45, 7) is 1.16. The van der Waals surface area contributed by atoms with Crippen LogP contribution in [-0.4, -0.2) is 58.8 Å². The first-order valence-electron chi connectivity index (χ1n) is 9.00. The van der Waals surface area contributed by atoms with Crippen LogP contribution in [0.5, 0.6) is 0 Å². The van der Waals surface area contributed by atoms with E-state index in [1.54, 1.807) is 48.7 Å². The molecule has 1 N–H and O–H groups in total. The minimum absolute atomic E-state index is 0.0517. The van der Waals surface area contributed by atoms with Crippen molar-refractivity contribution in [3.63, 3.8) is 0 Å². The molecule has 1 aromatic carbocycles. The van der Waals surface area contributed by atoms with E-state index < -0.39 is 17.7 Å². The van der Waals surface area contributed by atoms with E-state index in [4.69, 9.17) is 11.6 Å². The van der Waals surface area contributed by atoms with Gasteiger partial charge in [0.05, 0.1) is 11.3 Å². The van der Waals surface area contributed by atoms with Gasteiger partial charge in [-0.3, -0.25) is 14.6 Å². The fourth-order valence-corrected chi connectivity index (χ4v) is 3.40. The summed E-state index contributed by atoms with van der Waals surface area (Å²) in [5.74, 6) is -1.54. The smallest absolute Gasteiger partial charge is 0.295 e. The van der Waals surface area contributed by atoms with Gasteiger partial charge in [-0.05, 0) is 63.5 Å². The van der Waals surface area contributed by atoms with Crippen LogP contribution in [-0.2, 0) is 9.59 Å². The molecular weight excluding hydrogens is 378 g/mol. The standard InChI is InChI=1S/C21H22ClN3O3/c1-24(2)12-5-13-25-18(16-6-3-4-11-23-16)17(20(27)21(25)28)19(26)14-7-9-15(22)10-8-14/h3-4,6-11,18,26H,5,12-13H2,1-2H3/b19-17+. The van der Waals surface area contributed by atoms with Gasteiger partial charge < -0.3 is 14.9 Å². The molecule has 0 bridgehead atoms. The molecular formula is C21H22ClN3O3. The van der Waals surface area contributed by atoms with Crippen LogP contribution in [0.15, 0.2) is 54.2 Å². The van der Waals surface area contributed by atoms with Gasteiger partial charge in [-0.2, -0.15) is 0 Å². The molecule has 0 spiro atoms. The first kappa shape index (κ1) is 20.0. The van der Waals surface area contributed by atoms with Crippen LogP contribution >= 0.6 is 11.6 Å². The van der Waals surface area contributed by atoms with Crippen LogP contribution in [0.1, 0.15) is 23.7 Å². The normalized spacial score (nSPS) is 18.9. The molecule has 0 aliphatic carbocycles. The Morgan fingerprint density at radius 2 is 1.89 bits per heavy atom. The van der Waals surface area contributed by atoms with E-state index in [9.17, 15) is 14.7 Å². The number of carbonyl (C=O) groups excluding carboxylic acids is 2. The van der Waals surface area contributed by atoms with Crippen LogP contribution in [0.3, 0.4) is 0 Å². The molecule has 2 aromatic rings. The summed E-state index contributed by atoms with van der Waals surface area (Å²) < 4.78 is 0. The number of rotatable bonds is 6. The van der Waals surface area contributed by atoms with Crippen LogP contribution in [0.2, 0.25) is 5.02 Å². The first-order chi connectivity index (χ1) is 13.4. The number of likely N-dealkylation sites (tertiary alicyclic amines) is 1. The quantitative estimate of drug-likeness (QED) is 0.459. The predicted molar refractivity (Wildman–Crippen MR) is 108 cm³/mol. The summed E-state index contributed by atoms with van der Waals surface area (Å²) in [5, 5.41) is 11.4. The van der Waals surface area contributed by atoms with E-state index in [2.05, 4.69) is 4.98 Å². The molecule has 28 heavy (non-hydrogen) atoms. The summed E-state index contributed by atoms with van der Waals surface area (Å²) in [7, 11) is 3.90. The molecule has 3 rings (SSSR count). The minimum atomic E-state index is -0.723. The molecule has 6 nitrogen and oxygen atoms in total. The van der Waals surface area contributed by atoms with Gasteiger partial charge in [0.25, 0.3) is 11.7 Å². The van der Waals surface area contributed by atoms with Crippen molar-refractivity contribution in [2.24, 2.45) is 0 Å². The molecule has 1 saturated heterocycles. The summed E-state index contributed by atoms with van der Waals surface area (Å²) in [5.41, 5.74) is 1.02. The number of pyridine rings is 1. The highest BCUT2D eigenvalue weighted by Crippen LogP contribution is 2.38. The Kier molecular flexibility index (Phi) is 6.11. The number of aromatic nitrogens is 1. The highest BCUT2D eigenvalue weighted by atomic mass is 35.5. The van der Waals surface area contributed by atoms with Crippen LogP contribution in [0.4, 0.5) is 0 Å². The third kappa shape index (κ3) is 4.08. The monoisotopic (exact) mass is 399 g/mol. The third-order valence-corrected chi connectivity index (χ3v) is 4.88. The fraction of sp³-hybridized carbons (Fsp3) is 0.286. The van der Waals surface area contributed by atoms with Crippen LogP contribution < -0.4 is 0 Å². The number of Topliss-reactive ketones (excluding diaryl/α,β-unsaturated/α-hetero) is 1. The molecule has 0 radical (unpaired) electrons. The lowest BCUT2D eigenvalue weighted by Crippen LogP contribution is -2.32. The Hall–Kier alpha value is -2.70. The summed E-state index contributed by atoms with van der Waals surface area (Å²) in [4.78, 5) is 33.4. The zero-order valence-electron chi connectivity index (χ0n) is 15.8. The second-order valence-corrected chi connectivity index (χ2v) is 7.35. The minimum Gasteiger partial charge on any atom is -0.507 e. The molecule has 2 heterocycles. The fourth-order valence-electron chi connectivity index (χ4n) is 3.28. The Labute approximate surface area is 169 Å². The molecule has 1 aliphatic rings. The predicted octanol–water partition coefficient (Wildman–Crippen LogP) is 3.11. The van der Waals surface area contributed by atoms with Gasteiger partial charge >= 0.3 is 0 Å². The van der Waals surface area contributed by atoms with Gasteiger partial charge in [-0.15, -0.1) is 0 Å². The lowest BCUT2D eigenvalue weighted by Gasteiger charge is -2.25. The number of nitrogens with zero attached hydrogens (tertiary/aromatic N) is 3. The van der Waals surface area contributed by atoms with Crippen molar-refractivity contribution in [1.82, 2.24) is 14.8 Å². The van der Waals surface area contributed by atoms with Crippen molar-refractivity contribution in [3.8, 4) is 0 Å². The molecule has 7 heteroatoms. The average Bonchev–Trinajstić information content (AvgIpc) is 2.93. The molecule has 146 valence electrons. The zero-order valence-corrected chi connectivity index (χ0v) is 16.6. The van der Waals surface area contributed by atoms with Crippen LogP contribution in [0.25, 0.3) is 5.76 Å². The van der Waals surface area contributed by atoms with E-state index in [0.29, 0.717) is 29.2 Å². The van der Waals surface area contributed by atoms with E-state index in [1.807, 2.05) is 19.0 Å². The molecule has 1 fully saturated rings. The van der Waals surface area contributed by atoms with E-state index >= 15 is 0 Å². The molecule has 1 unspecified atom stereocenters. The Balaban J connectivity index is 2.06. The lowest BCUT2D eigenvalue weighted by molar-refractivity contribution is -0.140. The summed E-state index contributed by atoms with van der Waals surface area (Å²) >= 11 is 5.92. The number of benzene rings is 1. The van der Waals surface area contributed by atoms with Gasteiger partial charge in [-0.25, -0.2) is 0 Å². The van der Waals surface area contributed by atoms with E-state index in [-0.39, 0.29) is 11.3 Å².